The molecular weight excluding hydrogens is 200 g/mol. The fraction of sp³-hybridized carbons (Fsp3) is 0.444. The quantitative estimate of drug-likeness (QED) is 0.733. The van der Waals surface area contributed by atoms with Gasteiger partial charge in [-0.2, -0.15) is 5.10 Å². The lowest BCUT2D eigenvalue weighted by Gasteiger charge is -2.04. The Morgan fingerprint density at radius 1 is 1.60 bits per heavy atom. The zero-order valence-corrected chi connectivity index (χ0v) is 8.72. The van der Waals surface area contributed by atoms with Gasteiger partial charge in [-0.3, -0.25) is 9.48 Å². The summed E-state index contributed by atoms with van der Waals surface area (Å²) in [7, 11) is 2.84. The number of carbonyl (C=O) groups is 2. The lowest BCUT2D eigenvalue weighted by atomic mass is 10.0. The van der Waals surface area contributed by atoms with Crippen LogP contribution in [-0.4, -0.2) is 33.9 Å². The van der Waals surface area contributed by atoms with E-state index >= 15 is 0 Å². The molecule has 1 unspecified atom stereocenters. The number of carboxylic acid groups (broad SMARTS) is 1. The molecule has 0 radical (unpaired) electrons. The van der Waals surface area contributed by atoms with Crippen molar-refractivity contribution >= 4 is 11.9 Å². The molecule has 0 aliphatic heterocycles. The molecule has 6 heteroatoms. The third-order valence-corrected chi connectivity index (χ3v) is 2.07. The molecule has 0 spiro atoms. The van der Waals surface area contributed by atoms with Gasteiger partial charge >= 0.3 is 11.9 Å². The first-order chi connectivity index (χ1) is 6.97. The van der Waals surface area contributed by atoms with Crippen LogP contribution in [0.4, 0.5) is 0 Å². The largest absolute Gasteiger partial charge is 0.481 e. The number of aryl methyl sites for hydroxylation is 1. The molecule has 1 N–H and O–H groups in total. The van der Waals surface area contributed by atoms with Crippen molar-refractivity contribution in [3.63, 3.8) is 0 Å². The van der Waals surface area contributed by atoms with Gasteiger partial charge in [0.2, 0.25) is 0 Å². The van der Waals surface area contributed by atoms with Gasteiger partial charge in [-0.15, -0.1) is 0 Å². The minimum atomic E-state index is -1.01. The number of carbonyl (C=O) groups excluding carboxylic acids is 1. The van der Waals surface area contributed by atoms with Crippen molar-refractivity contribution in [3.8, 4) is 0 Å². The molecule has 1 aromatic heterocycles. The summed E-state index contributed by atoms with van der Waals surface area (Å²) in [6.07, 6.45) is 1.50. The first-order valence-corrected chi connectivity index (χ1v) is 4.32. The zero-order valence-electron chi connectivity index (χ0n) is 8.72. The van der Waals surface area contributed by atoms with Gasteiger partial charge in [-0.1, -0.05) is 0 Å². The van der Waals surface area contributed by atoms with Gasteiger partial charge in [0.05, 0.1) is 13.0 Å². The van der Waals surface area contributed by atoms with Crippen molar-refractivity contribution in [2.75, 3.05) is 7.11 Å². The monoisotopic (exact) mass is 212 g/mol. The van der Waals surface area contributed by atoms with Crippen molar-refractivity contribution in [2.24, 2.45) is 7.05 Å². The Morgan fingerprint density at radius 3 is 2.67 bits per heavy atom. The minimum absolute atomic E-state index is 0.0508. The molecule has 6 nitrogen and oxygen atoms in total. The fourth-order valence-electron chi connectivity index (χ4n) is 1.21. The number of hydrogen-bond donors (Lipinski definition) is 1. The van der Waals surface area contributed by atoms with E-state index in [4.69, 9.17) is 5.11 Å². The Hall–Kier alpha value is -1.85. The molecule has 1 heterocycles. The molecule has 0 amide bonds. The molecule has 0 saturated carbocycles. The Morgan fingerprint density at radius 2 is 2.20 bits per heavy atom. The Bertz CT molecular complexity index is 397. The van der Waals surface area contributed by atoms with Crippen molar-refractivity contribution in [1.82, 2.24) is 9.78 Å². The van der Waals surface area contributed by atoms with Crippen LogP contribution in [0.5, 0.6) is 0 Å². The Labute approximate surface area is 86.5 Å². The summed E-state index contributed by atoms with van der Waals surface area (Å²) >= 11 is 0. The lowest BCUT2D eigenvalue weighted by molar-refractivity contribution is -0.138. The molecule has 82 valence electrons. The van der Waals surface area contributed by atoms with Gasteiger partial charge in [-0.25, -0.2) is 4.79 Å². The number of carboxylic acids is 1. The van der Waals surface area contributed by atoms with E-state index in [9.17, 15) is 9.59 Å². The van der Waals surface area contributed by atoms with Crippen molar-refractivity contribution < 1.29 is 19.4 Å². The highest BCUT2D eigenvalue weighted by Crippen LogP contribution is 2.19. The number of ether oxygens (including phenoxy) is 1. The fourth-order valence-corrected chi connectivity index (χ4v) is 1.21. The van der Waals surface area contributed by atoms with E-state index in [1.807, 2.05) is 0 Å². The maximum absolute atomic E-state index is 11.3. The van der Waals surface area contributed by atoms with E-state index < -0.39 is 17.9 Å². The van der Waals surface area contributed by atoms with E-state index in [-0.39, 0.29) is 5.69 Å². The van der Waals surface area contributed by atoms with Crippen LogP contribution in [0.15, 0.2) is 6.20 Å². The third-order valence-electron chi connectivity index (χ3n) is 2.07. The van der Waals surface area contributed by atoms with Crippen molar-refractivity contribution in [2.45, 2.75) is 12.8 Å². The van der Waals surface area contributed by atoms with Crippen LogP contribution < -0.4 is 0 Å². The smallest absolute Gasteiger partial charge is 0.358 e. The summed E-state index contributed by atoms with van der Waals surface area (Å²) in [5.41, 5.74) is 0.409. The van der Waals surface area contributed by atoms with Gasteiger partial charge in [0.1, 0.15) is 0 Å². The molecule has 15 heavy (non-hydrogen) atoms. The zero-order chi connectivity index (χ0) is 11.6. The predicted molar refractivity (Wildman–Crippen MR) is 50.6 cm³/mol. The molecule has 0 saturated heterocycles. The highest BCUT2D eigenvalue weighted by atomic mass is 16.5. The number of esters is 1. The first kappa shape index (κ1) is 11.2. The lowest BCUT2D eigenvalue weighted by Crippen LogP contribution is -2.12. The van der Waals surface area contributed by atoms with Gasteiger partial charge < -0.3 is 9.84 Å². The highest BCUT2D eigenvalue weighted by Gasteiger charge is 2.24. The predicted octanol–water partition coefficient (Wildman–Crippen LogP) is 0.395. The Kier molecular flexibility index (Phi) is 3.08. The van der Waals surface area contributed by atoms with E-state index in [2.05, 4.69) is 9.84 Å². The van der Waals surface area contributed by atoms with E-state index in [0.717, 1.165) is 0 Å². The maximum atomic E-state index is 11.3. The molecule has 1 atom stereocenters. The highest BCUT2D eigenvalue weighted by molar-refractivity contribution is 5.91. The van der Waals surface area contributed by atoms with Gasteiger partial charge in [0.25, 0.3) is 0 Å². The number of nitrogens with zero attached hydrogens (tertiary/aromatic N) is 2. The van der Waals surface area contributed by atoms with Crippen LogP contribution in [0.2, 0.25) is 0 Å². The van der Waals surface area contributed by atoms with Crippen LogP contribution >= 0.6 is 0 Å². The molecule has 0 aliphatic carbocycles. The van der Waals surface area contributed by atoms with Crippen LogP contribution in [0.25, 0.3) is 0 Å². The molecule has 0 aliphatic rings. The van der Waals surface area contributed by atoms with Gasteiger partial charge in [0.15, 0.2) is 5.69 Å². The Balaban J connectivity index is 3.17. The second kappa shape index (κ2) is 4.12. The number of methoxy groups -OCH3 is 1. The number of aliphatic carboxylic acids is 1. The molecule has 0 bridgehead atoms. The molecule has 0 aromatic carbocycles. The molecular formula is C9H12N2O4. The summed E-state index contributed by atoms with van der Waals surface area (Å²) in [4.78, 5) is 22.1. The second-order valence-corrected chi connectivity index (χ2v) is 3.16. The van der Waals surface area contributed by atoms with Crippen LogP contribution in [0.3, 0.4) is 0 Å². The van der Waals surface area contributed by atoms with E-state index in [0.29, 0.717) is 5.56 Å². The maximum Gasteiger partial charge on any atom is 0.358 e. The third kappa shape index (κ3) is 2.15. The molecule has 1 aromatic rings. The molecule has 1 rings (SSSR count). The normalized spacial score (nSPS) is 12.2. The first-order valence-electron chi connectivity index (χ1n) is 4.32. The summed E-state index contributed by atoms with van der Waals surface area (Å²) in [6, 6.07) is 0. The topological polar surface area (TPSA) is 81.4 Å². The summed E-state index contributed by atoms with van der Waals surface area (Å²) in [6.45, 7) is 1.49. The standard InChI is InChI=1S/C9H12N2O4/c1-5(8(12)13)6-4-11(2)10-7(6)9(14)15-3/h4-5H,1-3H3,(H,12,13). The van der Waals surface area contributed by atoms with Crippen LogP contribution in [0, 0.1) is 0 Å². The average molecular weight is 212 g/mol. The van der Waals surface area contributed by atoms with Crippen LogP contribution in [-0.2, 0) is 16.6 Å². The molecule has 0 fully saturated rings. The summed E-state index contributed by atoms with van der Waals surface area (Å²) in [5, 5.41) is 12.7. The summed E-state index contributed by atoms with van der Waals surface area (Å²) in [5.74, 6) is -2.42. The second-order valence-electron chi connectivity index (χ2n) is 3.16. The number of aromatic nitrogens is 2. The minimum Gasteiger partial charge on any atom is -0.481 e. The van der Waals surface area contributed by atoms with Gasteiger partial charge in [-0.05, 0) is 6.92 Å². The van der Waals surface area contributed by atoms with E-state index in [1.54, 1.807) is 7.05 Å². The number of rotatable bonds is 3. The van der Waals surface area contributed by atoms with Gasteiger partial charge in [0, 0.05) is 18.8 Å². The summed E-state index contributed by atoms with van der Waals surface area (Å²) < 4.78 is 5.90. The average Bonchev–Trinajstić information content (AvgIpc) is 2.57. The van der Waals surface area contributed by atoms with Crippen molar-refractivity contribution in [1.29, 1.82) is 0 Å². The number of hydrogen-bond acceptors (Lipinski definition) is 4. The van der Waals surface area contributed by atoms with Crippen molar-refractivity contribution in [3.05, 3.63) is 17.5 Å². The van der Waals surface area contributed by atoms with Crippen LogP contribution in [0.1, 0.15) is 28.9 Å². The van der Waals surface area contributed by atoms with E-state index in [1.165, 1.54) is 24.9 Å². The SMILES string of the molecule is COC(=O)c1nn(C)cc1C(C)C(=O)O.